The summed E-state index contributed by atoms with van der Waals surface area (Å²) >= 11 is 0. The van der Waals surface area contributed by atoms with E-state index in [0.717, 1.165) is 17.2 Å². The van der Waals surface area contributed by atoms with Crippen molar-refractivity contribution in [1.82, 2.24) is 15.5 Å². The van der Waals surface area contributed by atoms with Gasteiger partial charge in [0.25, 0.3) is 0 Å². The number of ether oxygens (including phenoxy) is 1. The second-order valence-electron chi connectivity index (χ2n) is 7.55. The Morgan fingerprint density at radius 3 is 2.68 bits per heavy atom. The predicted octanol–water partition coefficient (Wildman–Crippen LogP) is 3.12. The molecule has 0 radical (unpaired) electrons. The SMILES string of the molecule is O=C1NCCN1c1ccc(-c2c(F)cc(N3CC(CNc4ccon4)OC3=O)c(F)c2F)cn1. The number of cyclic esters (lactones) is 1. The summed E-state index contributed by atoms with van der Waals surface area (Å²) in [7, 11) is 0. The van der Waals surface area contributed by atoms with Crippen LogP contribution in [0, 0.1) is 17.5 Å². The van der Waals surface area contributed by atoms with Crippen molar-refractivity contribution in [1.29, 1.82) is 0 Å². The van der Waals surface area contributed by atoms with Gasteiger partial charge >= 0.3 is 12.1 Å². The molecule has 3 aromatic rings. The normalized spacial score (nSPS) is 17.8. The zero-order chi connectivity index (χ0) is 23.8. The van der Waals surface area contributed by atoms with E-state index in [1.165, 1.54) is 23.3 Å². The Labute approximate surface area is 190 Å². The number of pyridine rings is 1. The van der Waals surface area contributed by atoms with Crippen LogP contribution in [0.5, 0.6) is 0 Å². The van der Waals surface area contributed by atoms with Crippen molar-refractivity contribution < 1.29 is 32.0 Å². The zero-order valence-corrected chi connectivity index (χ0v) is 17.4. The molecule has 0 bridgehead atoms. The van der Waals surface area contributed by atoms with Crippen LogP contribution in [0.4, 0.5) is 40.1 Å². The van der Waals surface area contributed by atoms with Crippen molar-refractivity contribution in [2.45, 2.75) is 6.10 Å². The van der Waals surface area contributed by atoms with Crippen LogP contribution in [0.2, 0.25) is 0 Å². The van der Waals surface area contributed by atoms with Crippen molar-refractivity contribution >= 4 is 29.4 Å². The van der Waals surface area contributed by atoms with E-state index in [9.17, 15) is 22.8 Å². The number of nitrogens with one attached hydrogen (secondary N) is 2. The van der Waals surface area contributed by atoms with Crippen LogP contribution >= 0.6 is 0 Å². The fourth-order valence-corrected chi connectivity index (χ4v) is 3.77. The summed E-state index contributed by atoms with van der Waals surface area (Å²) in [6.45, 7) is 0.853. The number of anilines is 3. The third-order valence-corrected chi connectivity index (χ3v) is 5.42. The van der Waals surface area contributed by atoms with Crippen molar-refractivity contribution in [2.75, 3.05) is 41.3 Å². The van der Waals surface area contributed by atoms with E-state index in [0.29, 0.717) is 24.7 Å². The molecule has 10 nitrogen and oxygen atoms in total. The fourth-order valence-electron chi connectivity index (χ4n) is 3.77. The molecule has 4 heterocycles. The first kappa shape index (κ1) is 21.6. The van der Waals surface area contributed by atoms with Gasteiger partial charge in [-0.05, 0) is 12.1 Å². The Morgan fingerprint density at radius 1 is 1.15 bits per heavy atom. The Kier molecular flexibility index (Phi) is 5.43. The van der Waals surface area contributed by atoms with Gasteiger partial charge in [0.05, 0.1) is 24.3 Å². The van der Waals surface area contributed by atoms with Crippen molar-refractivity contribution in [3.05, 3.63) is 54.2 Å². The molecule has 3 amide bonds. The number of halogens is 3. The number of carbonyl (C=O) groups is 2. The van der Waals surface area contributed by atoms with E-state index in [1.807, 2.05) is 0 Å². The van der Waals surface area contributed by atoms with Crippen LogP contribution in [0.25, 0.3) is 11.1 Å². The third kappa shape index (κ3) is 3.84. The maximum absolute atomic E-state index is 15.0. The van der Waals surface area contributed by atoms with Crippen molar-refractivity contribution in [2.24, 2.45) is 0 Å². The van der Waals surface area contributed by atoms with E-state index in [-0.39, 0.29) is 24.7 Å². The van der Waals surface area contributed by atoms with Crippen LogP contribution in [0.1, 0.15) is 0 Å². The lowest BCUT2D eigenvalue weighted by Crippen LogP contribution is -2.28. The number of carbonyl (C=O) groups excluding carboxylic acids is 2. The number of urea groups is 1. The Bertz CT molecular complexity index is 1240. The van der Waals surface area contributed by atoms with Gasteiger partial charge in [-0.15, -0.1) is 0 Å². The molecule has 0 saturated carbocycles. The minimum atomic E-state index is -1.47. The van der Waals surface area contributed by atoms with Gasteiger partial charge in [0.15, 0.2) is 17.5 Å². The molecular formula is C21H17F3N6O4. The number of hydrogen-bond donors (Lipinski definition) is 2. The quantitative estimate of drug-likeness (QED) is 0.528. The number of aromatic nitrogens is 2. The topological polar surface area (TPSA) is 113 Å². The average Bonchev–Trinajstić information content (AvgIpc) is 3.57. The first-order valence-electron chi connectivity index (χ1n) is 10.2. The highest BCUT2D eigenvalue weighted by molar-refractivity contribution is 5.93. The number of nitrogens with zero attached hydrogens (tertiary/aromatic N) is 4. The van der Waals surface area contributed by atoms with Crippen LogP contribution < -0.4 is 20.4 Å². The standard InChI is InChI=1S/C21H17F3N6O4/c22-13-7-14(30-10-12(34-21(30)32)9-26-15-3-6-33-28-15)18(23)19(24)17(13)11-1-2-16(27-8-11)29-5-4-25-20(29)31/h1-3,6-8,12H,4-5,9-10H2,(H,25,31)(H,26,28). The summed E-state index contributed by atoms with van der Waals surface area (Å²) in [4.78, 5) is 30.3. The van der Waals surface area contributed by atoms with E-state index < -0.39 is 40.9 Å². The first-order valence-corrected chi connectivity index (χ1v) is 10.2. The second kappa shape index (κ2) is 8.57. The van der Waals surface area contributed by atoms with E-state index in [2.05, 4.69) is 25.3 Å². The highest BCUT2D eigenvalue weighted by Gasteiger charge is 2.36. The molecule has 13 heteroatoms. The van der Waals surface area contributed by atoms with Gasteiger partial charge in [0.1, 0.15) is 24.0 Å². The van der Waals surface area contributed by atoms with Crippen LogP contribution in [0.15, 0.2) is 41.2 Å². The summed E-state index contributed by atoms with van der Waals surface area (Å²) in [6.07, 6.45) is 0.850. The lowest BCUT2D eigenvalue weighted by atomic mass is 10.0. The number of hydrogen-bond acceptors (Lipinski definition) is 7. The van der Waals surface area contributed by atoms with Crippen LogP contribution in [-0.2, 0) is 4.74 Å². The fraction of sp³-hybridized carbons (Fsp3) is 0.238. The molecule has 1 atom stereocenters. The molecule has 1 unspecified atom stereocenters. The summed E-state index contributed by atoms with van der Waals surface area (Å²) in [5, 5.41) is 9.14. The monoisotopic (exact) mass is 474 g/mol. The summed E-state index contributed by atoms with van der Waals surface area (Å²) in [5.74, 6) is -3.25. The molecular weight excluding hydrogens is 457 g/mol. The highest BCUT2D eigenvalue weighted by Crippen LogP contribution is 2.35. The van der Waals surface area contributed by atoms with E-state index in [1.54, 1.807) is 6.07 Å². The largest absolute Gasteiger partial charge is 0.442 e. The molecule has 0 spiro atoms. The highest BCUT2D eigenvalue weighted by atomic mass is 19.2. The molecule has 0 aliphatic carbocycles. The van der Waals surface area contributed by atoms with Gasteiger partial charge < -0.3 is 19.9 Å². The molecule has 2 aliphatic heterocycles. The van der Waals surface area contributed by atoms with E-state index in [4.69, 9.17) is 4.74 Å². The zero-order valence-electron chi connectivity index (χ0n) is 17.4. The Morgan fingerprint density at radius 2 is 2.00 bits per heavy atom. The molecule has 34 heavy (non-hydrogen) atoms. The molecule has 1 aromatic carbocycles. The minimum Gasteiger partial charge on any atom is -0.442 e. The van der Waals surface area contributed by atoms with Gasteiger partial charge in [0.2, 0.25) is 0 Å². The Balaban J connectivity index is 1.37. The third-order valence-electron chi connectivity index (χ3n) is 5.42. The predicted molar refractivity (Wildman–Crippen MR) is 113 cm³/mol. The lowest BCUT2D eigenvalue weighted by molar-refractivity contribution is 0.147. The van der Waals surface area contributed by atoms with E-state index >= 15 is 0 Å². The van der Waals surface area contributed by atoms with Crippen LogP contribution in [-0.4, -0.2) is 54.5 Å². The minimum absolute atomic E-state index is 0.0255. The first-order chi connectivity index (χ1) is 16.4. The summed E-state index contributed by atoms with van der Waals surface area (Å²) in [5.41, 5.74) is -1.24. The smallest absolute Gasteiger partial charge is 0.414 e. The van der Waals surface area contributed by atoms with Gasteiger partial charge in [0, 0.05) is 37.0 Å². The van der Waals surface area contributed by atoms with Crippen molar-refractivity contribution in [3.8, 4) is 11.1 Å². The molecule has 2 aliphatic rings. The van der Waals surface area contributed by atoms with Crippen LogP contribution in [0.3, 0.4) is 0 Å². The molecule has 2 N–H and O–H groups in total. The number of benzene rings is 1. The molecule has 2 fully saturated rings. The molecule has 2 aromatic heterocycles. The molecule has 176 valence electrons. The van der Waals surface area contributed by atoms with Gasteiger partial charge in [-0.3, -0.25) is 9.80 Å². The van der Waals surface area contributed by atoms with Crippen molar-refractivity contribution in [3.63, 3.8) is 0 Å². The molecule has 2 saturated heterocycles. The second-order valence-corrected chi connectivity index (χ2v) is 7.55. The maximum Gasteiger partial charge on any atom is 0.414 e. The lowest BCUT2D eigenvalue weighted by Gasteiger charge is -2.17. The number of rotatable bonds is 6. The maximum atomic E-state index is 15.0. The van der Waals surface area contributed by atoms with Gasteiger partial charge in [-0.2, -0.15) is 0 Å². The van der Waals surface area contributed by atoms with Gasteiger partial charge in [-0.1, -0.05) is 5.16 Å². The average molecular weight is 474 g/mol. The Hall–Kier alpha value is -4.29. The summed E-state index contributed by atoms with van der Waals surface area (Å²) < 4.78 is 54.7. The number of amides is 3. The summed E-state index contributed by atoms with van der Waals surface area (Å²) in [6, 6.07) is 4.71. The van der Waals surface area contributed by atoms with Gasteiger partial charge in [-0.25, -0.2) is 27.7 Å². The molecule has 5 rings (SSSR count).